The van der Waals surface area contributed by atoms with Crippen LogP contribution in [0.4, 0.5) is 0 Å². The molecular formula is C15H20O3. The molecule has 0 saturated heterocycles. The number of ether oxygens (including phenoxy) is 1. The van der Waals surface area contributed by atoms with Gasteiger partial charge >= 0.3 is 5.97 Å². The minimum atomic E-state index is -0.777. The Labute approximate surface area is 108 Å². The number of rotatable bonds is 3. The summed E-state index contributed by atoms with van der Waals surface area (Å²) in [6.45, 7) is 8.80. The SMILES string of the molecule is Cc1cc2c(cc1C(C)C)[C@@](C)(CC(=O)O)CO2. The first-order chi connectivity index (χ1) is 8.33. The van der Waals surface area contributed by atoms with Crippen molar-refractivity contribution >= 4 is 5.97 Å². The first kappa shape index (κ1) is 12.9. The van der Waals surface area contributed by atoms with Crippen LogP contribution in [0.3, 0.4) is 0 Å². The molecule has 0 saturated carbocycles. The second kappa shape index (κ2) is 4.30. The van der Waals surface area contributed by atoms with Crippen molar-refractivity contribution in [3.05, 3.63) is 28.8 Å². The molecule has 1 aliphatic heterocycles. The monoisotopic (exact) mass is 248 g/mol. The van der Waals surface area contributed by atoms with Crippen molar-refractivity contribution in [3.8, 4) is 5.75 Å². The number of fused-ring (bicyclic) bond motifs is 1. The average molecular weight is 248 g/mol. The van der Waals surface area contributed by atoms with Gasteiger partial charge in [-0.25, -0.2) is 0 Å². The Bertz CT molecular complexity index is 491. The predicted molar refractivity (Wildman–Crippen MR) is 70.4 cm³/mol. The van der Waals surface area contributed by atoms with E-state index >= 15 is 0 Å². The van der Waals surface area contributed by atoms with Gasteiger partial charge in [0.1, 0.15) is 5.75 Å². The molecule has 0 aliphatic carbocycles. The normalized spacial score (nSPS) is 21.8. The molecule has 1 aromatic carbocycles. The van der Waals surface area contributed by atoms with Gasteiger partial charge in [-0.2, -0.15) is 0 Å². The smallest absolute Gasteiger partial charge is 0.304 e. The third-order valence-corrected chi connectivity index (χ3v) is 3.73. The molecule has 1 N–H and O–H groups in total. The quantitative estimate of drug-likeness (QED) is 0.893. The summed E-state index contributed by atoms with van der Waals surface area (Å²) in [7, 11) is 0. The van der Waals surface area contributed by atoms with Gasteiger partial charge in [-0.3, -0.25) is 4.79 Å². The van der Waals surface area contributed by atoms with Crippen LogP contribution in [0.15, 0.2) is 12.1 Å². The van der Waals surface area contributed by atoms with Crippen molar-refractivity contribution in [2.24, 2.45) is 0 Å². The summed E-state index contributed by atoms with van der Waals surface area (Å²) in [5, 5.41) is 9.04. The van der Waals surface area contributed by atoms with Crippen molar-refractivity contribution in [1.82, 2.24) is 0 Å². The van der Waals surface area contributed by atoms with Gasteiger partial charge in [0, 0.05) is 11.0 Å². The van der Waals surface area contributed by atoms with Gasteiger partial charge in [-0.05, 0) is 30.0 Å². The molecule has 3 heteroatoms. The van der Waals surface area contributed by atoms with Gasteiger partial charge in [-0.1, -0.05) is 26.8 Å². The van der Waals surface area contributed by atoms with Gasteiger partial charge in [0.05, 0.1) is 13.0 Å². The first-order valence-electron chi connectivity index (χ1n) is 6.33. The van der Waals surface area contributed by atoms with Crippen LogP contribution >= 0.6 is 0 Å². The molecule has 1 aromatic rings. The Balaban J connectivity index is 2.49. The maximum atomic E-state index is 11.0. The molecule has 1 heterocycles. The van der Waals surface area contributed by atoms with Crippen LogP contribution < -0.4 is 4.74 Å². The second-order valence-electron chi connectivity index (χ2n) is 5.78. The molecular weight excluding hydrogens is 228 g/mol. The van der Waals surface area contributed by atoms with Gasteiger partial charge in [0.25, 0.3) is 0 Å². The molecule has 0 aromatic heterocycles. The fourth-order valence-electron chi connectivity index (χ4n) is 2.71. The number of carboxylic acid groups (broad SMARTS) is 1. The summed E-state index contributed by atoms with van der Waals surface area (Å²) < 4.78 is 5.67. The van der Waals surface area contributed by atoms with Gasteiger partial charge in [-0.15, -0.1) is 0 Å². The summed E-state index contributed by atoms with van der Waals surface area (Å²) >= 11 is 0. The average Bonchev–Trinajstić information content (AvgIpc) is 2.53. The Morgan fingerprint density at radius 3 is 2.72 bits per heavy atom. The van der Waals surface area contributed by atoms with Crippen LogP contribution in [0.25, 0.3) is 0 Å². The Morgan fingerprint density at radius 2 is 2.17 bits per heavy atom. The van der Waals surface area contributed by atoms with E-state index in [9.17, 15) is 4.79 Å². The molecule has 0 bridgehead atoms. The Kier molecular flexibility index (Phi) is 3.09. The molecule has 0 fully saturated rings. The van der Waals surface area contributed by atoms with Crippen molar-refractivity contribution in [3.63, 3.8) is 0 Å². The minimum absolute atomic E-state index is 0.112. The number of hydrogen-bond acceptors (Lipinski definition) is 2. The van der Waals surface area contributed by atoms with E-state index in [0.717, 1.165) is 11.3 Å². The number of aryl methyl sites for hydroxylation is 1. The van der Waals surface area contributed by atoms with Crippen molar-refractivity contribution in [2.75, 3.05) is 6.61 Å². The second-order valence-corrected chi connectivity index (χ2v) is 5.78. The van der Waals surface area contributed by atoms with E-state index in [4.69, 9.17) is 9.84 Å². The Morgan fingerprint density at radius 1 is 1.50 bits per heavy atom. The molecule has 1 aliphatic rings. The minimum Gasteiger partial charge on any atom is -0.492 e. The third-order valence-electron chi connectivity index (χ3n) is 3.73. The number of aliphatic carboxylic acids is 1. The van der Waals surface area contributed by atoms with Crippen molar-refractivity contribution < 1.29 is 14.6 Å². The molecule has 98 valence electrons. The standard InChI is InChI=1S/C15H20O3/c1-9(2)11-6-12-13(5-10(11)3)18-8-15(12,4)7-14(16)17/h5-6,9H,7-8H2,1-4H3,(H,16,17)/t15-/m0/s1. The zero-order chi connectivity index (χ0) is 13.5. The van der Waals surface area contributed by atoms with E-state index in [2.05, 4.69) is 26.8 Å². The summed E-state index contributed by atoms with van der Waals surface area (Å²) in [6.07, 6.45) is 0.112. The maximum Gasteiger partial charge on any atom is 0.304 e. The zero-order valence-corrected chi connectivity index (χ0v) is 11.4. The van der Waals surface area contributed by atoms with Gasteiger partial charge in [0.2, 0.25) is 0 Å². The van der Waals surface area contributed by atoms with Gasteiger partial charge < -0.3 is 9.84 Å². The fourth-order valence-corrected chi connectivity index (χ4v) is 2.71. The highest BCUT2D eigenvalue weighted by atomic mass is 16.5. The number of carboxylic acids is 1. The topological polar surface area (TPSA) is 46.5 Å². The number of benzene rings is 1. The van der Waals surface area contributed by atoms with E-state index in [1.807, 2.05) is 13.0 Å². The largest absolute Gasteiger partial charge is 0.492 e. The summed E-state index contributed by atoms with van der Waals surface area (Å²) in [5.74, 6) is 0.506. The lowest BCUT2D eigenvalue weighted by molar-refractivity contribution is -0.138. The zero-order valence-electron chi connectivity index (χ0n) is 11.4. The van der Waals surface area contributed by atoms with Crippen LogP contribution in [-0.2, 0) is 10.2 Å². The van der Waals surface area contributed by atoms with Gasteiger partial charge in [0.15, 0.2) is 0 Å². The van der Waals surface area contributed by atoms with Crippen LogP contribution in [0.1, 0.15) is 49.8 Å². The lowest BCUT2D eigenvalue weighted by Gasteiger charge is -2.21. The molecule has 2 rings (SSSR count). The van der Waals surface area contributed by atoms with Crippen LogP contribution in [0.5, 0.6) is 5.75 Å². The lowest BCUT2D eigenvalue weighted by Crippen LogP contribution is -2.27. The van der Waals surface area contributed by atoms with E-state index in [1.165, 1.54) is 11.1 Å². The highest BCUT2D eigenvalue weighted by Crippen LogP contribution is 2.43. The molecule has 0 amide bonds. The summed E-state index contributed by atoms with van der Waals surface area (Å²) in [4.78, 5) is 11.0. The maximum absolute atomic E-state index is 11.0. The van der Waals surface area contributed by atoms with Crippen LogP contribution in [0.2, 0.25) is 0 Å². The highest BCUT2D eigenvalue weighted by Gasteiger charge is 2.38. The lowest BCUT2D eigenvalue weighted by atomic mass is 9.79. The summed E-state index contributed by atoms with van der Waals surface area (Å²) in [5.41, 5.74) is 3.12. The molecule has 3 nitrogen and oxygen atoms in total. The number of hydrogen-bond donors (Lipinski definition) is 1. The van der Waals surface area contributed by atoms with E-state index in [-0.39, 0.29) is 6.42 Å². The highest BCUT2D eigenvalue weighted by molar-refractivity contribution is 5.70. The van der Waals surface area contributed by atoms with E-state index in [0.29, 0.717) is 12.5 Å². The third kappa shape index (κ3) is 2.09. The molecule has 0 unspecified atom stereocenters. The molecule has 0 spiro atoms. The molecule has 1 atom stereocenters. The molecule has 0 radical (unpaired) electrons. The first-order valence-corrected chi connectivity index (χ1v) is 6.33. The van der Waals surface area contributed by atoms with Crippen LogP contribution in [0, 0.1) is 6.92 Å². The van der Waals surface area contributed by atoms with E-state index < -0.39 is 11.4 Å². The molecule has 18 heavy (non-hydrogen) atoms. The summed E-state index contributed by atoms with van der Waals surface area (Å²) in [6, 6.07) is 4.17. The predicted octanol–water partition coefficient (Wildman–Crippen LogP) is 3.24. The number of carbonyl (C=O) groups is 1. The van der Waals surface area contributed by atoms with Crippen molar-refractivity contribution in [2.45, 2.75) is 45.4 Å². The van der Waals surface area contributed by atoms with Crippen molar-refractivity contribution in [1.29, 1.82) is 0 Å². The fraction of sp³-hybridized carbons (Fsp3) is 0.533. The Hall–Kier alpha value is -1.51. The van der Waals surface area contributed by atoms with Crippen LogP contribution in [-0.4, -0.2) is 17.7 Å². The van der Waals surface area contributed by atoms with E-state index in [1.54, 1.807) is 0 Å².